The molecule has 0 saturated heterocycles. The van der Waals surface area contributed by atoms with Crippen molar-refractivity contribution in [3.63, 3.8) is 0 Å². The summed E-state index contributed by atoms with van der Waals surface area (Å²) in [6, 6.07) is 0.598. The summed E-state index contributed by atoms with van der Waals surface area (Å²) in [5, 5.41) is 6.49. The van der Waals surface area contributed by atoms with Gasteiger partial charge in [0.15, 0.2) is 0 Å². The van der Waals surface area contributed by atoms with Crippen molar-refractivity contribution < 1.29 is 4.79 Å². The second-order valence-electron chi connectivity index (χ2n) is 6.82. The van der Waals surface area contributed by atoms with Gasteiger partial charge in [0.05, 0.1) is 0 Å². The molecule has 104 valence electrons. The summed E-state index contributed by atoms with van der Waals surface area (Å²) in [6.07, 6.45) is 4.62. The average molecular weight is 252 g/mol. The molecule has 2 aliphatic carbocycles. The topological polar surface area (TPSA) is 41.1 Å². The first-order valence-electron chi connectivity index (χ1n) is 7.42. The Kier molecular flexibility index (Phi) is 3.72. The zero-order chi connectivity index (χ0) is 13.4. The van der Waals surface area contributed by atoms with E-state index in [2.05, 4.69) is 31.4 Å². The molecule has 2 aliphatic rings. The van der Waals surface area contributed by atoms with Crippen LogP contribution < -0.4 is 10.6 Å². The molecule has 2 rings (SSSR count). The fraction of sp³-hybridized carbons (Fsp3) is 0.933. The van der Waals surface area contributed by atoms with Gasteiger partial charge in [0, 0.05) is 25.6 Å². The Labute approximate surface area is 111 Å². The van der Waals surface area contributed by atoms with Crippen LogP contribution >= 0.6 is 0 Å². The fourth-order valence-corrected chi connectivity index (χ4v) is 4.16. The lowest BCUT2D eigenvalue weighted by Crippen LogP contribution is -2.45. The van der Waals surface area contributed by atoms with E-state index in [0.717, 1.165) is 19.0 Å². The lowest BCUT2D eigenvalue weighted by molar-refractivity contribution is -0.120. The summed E-state index contributed by atoms with van der Waals surface area (Å²) in [7, 11) is 0. The summed E-state index contributed by atoms with van der Waals surface area (Å²) in [4.78, 5) is 11.4. The molecule has 3 unspecified atom stereocenters. The van der Waals surface area contributed by atoms with Crippen LogP contribution in [-0.2, 0) is 4.79 Å². The molecular formula is C15H28N2O. The zero-order valence-corrected chi connectivity index (χ0v) is 12.3. The molecule has 0 aromatic carbocycles. The molecule has 0 aliphatic heterocycles. The Balaban J connectivity index is 1.84. The first kappa shape index (κ1) is 13.9. The largest absolute Gasteiger partial charge is 0.356 e. The highest BCUT2D eigenvalue weighted by molar-refractivity contribution is 5.75. The molecule has 0 aromatic rings. The number of hydrogen-bond donors (Lipinski definition) is 2. The quantitative estimate of drug-likeness (QED) is 0.788. The van der Waals surface area contributed by atoms with Gasteiger partial charge >= 0.3 is 0 Å². The lowest BCUT2D eigenvalue weighted by Gasteiger charge is -2.39. The van der Waals surface area contributed by atoms with E-state index in [1.54, 1.807) is 0 Å². The Morgan fingerprint density at radius 3 is 2.56 bits per heavy atom. The monoisotopic (exact) mass is 252 g/mol. The van der Waals surface area contributed by atoms with Crippen molar-refractivity contribution in [3.8, 4) is 0 Å². The van der Waals surface area contributed by atoms with Crippen molar-refractivity contribution in [3.05, 3.63) is 0 Å². The molecular weight excluding hydrogens is 224 g/mol. The van der Waals surface area contributed by atoms with Crippen LogP contribution in [0.4, 0.5) is 0 Å². The summed E-state index contributed by atoms with van der Waals surface area (Å²) in [5.74, 6) is 1.03. The number of fused-ring (bicyclic) bond motifs is 2. The second-order valence-corrected chi connectivity index (χ2v) is 6.82. The third-order valence-electron chi connectivity index (χ3n) is 5.91. The molecule has 3 heteroatoms. The number of carbonyl (C=O) groups excluding carboxylic acids is 1. The van der Waals surface area contributed by atoms with Crippen molar-refractivity contribution in [2.75, 3.05) is 13.1 Å². The highest BCUT2D eigenvalue weighted by Crippen LogP contribution is 2.65. The van der Waals surface area contributed by atoms with Crippen molar-refractivity contribution in [1.29, 1.82) is 0 Å². The van der Waals surface area contributed by atoms with Crippen LogP contribution in [0.1, 0.15) is 53.4 Å². The van der Waals surface area contributed by atoms with Crippen LogP contribution in [0.25, 0.3) is 0 Å². The number of rotatable bonds is 5. The van der Waals surface area contributed by atoms with Crippen LogP contribution in [0.5, 0.6) is 0 Å². The molecule has 2 fully saturated rings. The Bertz CT molecular complexity index is 326. The molecule has 1 amide bonds. The van der Waals surface area contributed by atoms with E-state index >= 15 is 0 Å². The number of hydrogen-bond acceptors (Lipinski definition) is 2. The zero-order valence-electron chi connectivity index (χ0n) is 12.3. The molecule has 0 spiro atoms. The van der Waals surface area contributed by atoms with E-state index in [1.165, 1.54) is 19.3 Å². The van der Waals surface area contributed by atoms with E-state index in [0.29, 0.717) is 23.3 Å². The predicted octanol–water partition coefficient (Wildman–Crippen LogP) is 2.32. The van der Waals surface area contributed by atoms with Gasteiger partial charge in [-0.15, -0.1) is 0 Å². The molecule has 18 heavy (non-hydrogen) atoms. The summed E-state index contributed by atoms with van der Waals surface area (Å²) in [5.41, 5.74) is 0.870. The normalized spacial score (nSPS) is 36.9. The standard InChI is InChI=1S/C15H28N2O/c1-5-16-13(18)7-9-17-12-10-11-6-8-15(12,4)14(11,2)3/h11-12,17H,5-10H2,1-4H3,(H,16,18). The predicted molar refractivity (Wildman–Crippen MR) is 74.3 cm³/mol. The van der Waals surface area contributed by atoms with Crippen LogP contribution in [0.3, 0.4) is 0 Å². The van der Waals surface area contributed by atoms with Crippen molar-refractivity contribution in [1.82, 2.24) is 10.6 Å². The average Bonchev–Trinajstić information content (AvgIpc) is 2.62. The summed E-state index contributed by atoms with van der Waals surface area (Å²) >= 11 is 0. The third kappa shape index (κ3) is 2.07. The summed E-state index contributed by atoms with van der Waals surface area (Å²) < 4.78 is 0. The minimum Gasteiger partial charge on any atom is -0.356 e. The molecule has 2 bridgehead atoms. The lowest BCUT2D eigenvalue weighted by atomic mass is 9.69. The van der Waals surface area contributed by atoms with Gasteiger partial charge in [-0.05, 0) is 42.9 Å². The van der Waals surface area contributed by atoms with Crippen LogP contribution in [0.15, 0.2) is 0 Å². The van der Waals surface area contributed by atoms with Gasteiger partial charge in [-0.25, -0.2) is 0 Å². The van der Waals surface area contributed by atoms with Gasteiger partial charge in [0.2, 0.25) is 5.91 Å². The van der Waals surface area contributed by atoms with Gasteiger partial charge in [0.1, 0.15) is 0 Å². The minimum absolute atomic E-state index is 0.164. The maximum absolute atomic E-state index is 11.4. The number of amides is 1. The van der Waals surface area contributed by atoms with E-state index in [9.17, 15) is 4.79 Å². The second kappa shape index (κ2) is 4.84. The van der Waals surface area contributed by atoms with E-state index < -0.39 is 0 Å². The maximum atomic E-state index is 11.4. The van der Waals surface area contributed by atoms with E-state index in [-0.39, 0.29) is 5.91 Å². The molecule has 3 nitrogen and oxygen atoms in total. The van der Waals surface area contributed by atoms with Crippen LogP contribution in [-0.4, -0.2) is 25.0 Å². The highest BCUT2D eigenvalue weighted by atomic mass is 16.1. The van der Waals surface area contributed by atoms with Gasteiger partial charge < -0.3 is 10.6 Å². The van der Waals surface area contributed by atoms with Crippen molar-refractivity contribution >= 4 is 5.91 Å². The number of nitrogens with one attached hydrogen (secondary N) is 2. The van der Waals surface area contributed by atoms with Gasteiger partial charge in [-0.1, -0.05) is 20.8 Å². The Hall–Kier alpha value is -0.570. The molecule has 0 aromatic heterocycles. The third-order valence-corrected chi connectivity index (χ3v) is 5.91. The van der Waals surface area contributed by atoms with E-state index in [1.807, 2.05) is 6.92 Å². The highest BCUT2D eigenvalue weighted by Gasteiger charge is 2.60. The first-order chi connectivity index (χ1) is 8.41. The molecule has 3 atom stereocenters. The SMILES string of the molecule is CCNC(=O)CCNC1CC2CCC1(C)C2(C)C. The summed E-state index contributed by atoms with van der Waals surface area (Å²) in [6.45, 7) is 10.8. The van der Waals surface area contributed by atoms with Gasteiger partial charge in [-0.3, -0.25) is 4.79 Å². The van der Waals surface area contributed by atoms with E-state index in [4.69, 9.17) is 0 Å². The van der Waals surface area contributed by atoms with Gasteiger partial charge in [-0.2, -0.15) is 0 Å². The van der Waals surface area contributed by atoms with Crippen LogP contribution in [0.2, 0.25) is 0 Å². The Morgan fingerprint density at radius 1 is 1.33 bits per heavy atom. The van der Waals surface area contributed by atoms with Crippen molar-refractivity contribution in [2.24, 2.45) is 16.7 Å². The smallest absolute Gasteiger partial charge is 0.221 e. The molecule has 2 saturated carbocycles. The van der Waals surface area contributed by atoms with Crippen LogP contribution in [0, 0.1) is 16.7 Å². The maximum Gasteiger partial charge on any atom is 0.221 e. The fourth-order valence-electron chi connectivity index (χ4n) is 4.16. The first-order valence-corrected chi connectivity index (χ1v) is 7.42. The number of carbonyl (C=O) groups is 1. The Morgan fingerprint density at radius 2 is 2.06 bits per heavy atom. The molecule has 0 heterocycles. The van der Waals surface area contributed by atoms with Crippen molar-refractivity contribution in [2.45, 2.75) is 59.4 Å². The molecule has 2 N–H and O–H groups in total. The van der Waals surface area contributed by atoms with Gasteiger partial charge in [0.25, 0.3) is 0 Å². The minimum atomic E-state index is 0.164. The molecule has 0 radical (unpaired) electrons.